The molecule has 25 heavy (non-hydrogen) atoms. The number of nitrogens with zero attached hydrogens (tertiary/aromatic N) is 4. The number of carbonyl (C=O) groups excluding carboxylic acids is 1. The molecule has 0 bridgehead atoms. The summed E-state index contributed by atoms with van der Waals surface area (Å²) in [6, 6.07) is 5.58. The molecule has 2 rings (SSSR count). The number of carbonyl (C=O) groups is 1. The van der Waals surface area contributed by atoms with Crippen LogP contribution in [0.25, 0.3) is 0 Å². The minimum Gasteiger partial charge on any atom is -0.351 e. The van der Waals surface area contributed by atoms with Crippen LogP contribution in [0.3, 0.4) is 0 Å². The molecule has 0 spiro atoms. The number of halogens is 1. The Morgan fingerprint density at radius 1 is 1.28 bits per heavy atom. The number of sulfone groups is 1. The van der Waals surface area contributed by atoms with Crippen molar-refractivity contribution < 1.29 is 17.6 Å². The van der Waals surface area contributed by atoms with E-state index in [1.165, 1.54) is 28.9 Å². The average Bonchev–Trinajstić information content (AvgIpc) is 2.98. The van der Waals surface area contributed by atoms with Gasteiger partial charge in [-0.3, -0.25) is 4.79 Å². The van der Waals surface area contributed by atoms with E-state index in [0.29, 0.717) is 12.1 Å². The first-order chi connectivity index (χ1) is 11.9. The highest BCUT2D eigenvalue weighted by molar-refractivity contribution is 7.91. The molecule has 1 aromatic carbocycles. The number of aryl methyl sites for hydroxylation is 1. The number of benzene rings is 1. The molecule has 1 aromatic heterocycles. The van der Waals surface area contributed by atoms with Crippen LogP contribution in [0.2, 0.25) is 0 Å². The van der Waals surface area contributed by atoms with E-state index in [2.05, 4.69) is 20.8 Å². The maximum atomic E-state index is 12.8. The summed E-state index contributed by atoms with van der Waals surface area (Å²) in [4.78, 5) is 11.9. The van der Waals surface area contributed by atoms with Crippen LogP contribution in [-0.4, -0.2) is 40.3 Å². The van der Waals surface area contributed by atoms with Crippen molar-refractivity contribution in [1.82, 2.24) is 25.5 Å². The van der Waals surface area contributed by atoms with Crippen molar-refractivity contribution in [2.75, 3.05) is 5.75 Å². The van der Waals surface area contributed by atoms with Crippen LogP contribution < -0.4 is 5.32 Å². The van der Waals surface area contributed by atoms with Crippen molar-refractivity contribution in [3.63, 3.8) is 0 Å². The van der Waals surface area contributed by atoms with E-state index in [-0.39, 0.29) is 18.2 Å². The molecule has 0 fully saturated rings. The van der Waals surface area contributed by atoms with E-state index in [1.807, 2.05) is 6.92 Å². The van der Waals surface area contributed by atoms with Crippen molar-refractivity contribution in [3.8, 4) is 0 Å². The van der Waals surface area contributed by atoms with Gasteiger partial charge in [0, 0.05) is 13.1 Å². The Labute approximate surface area is 145 Å². The molecule has 0 atom stereocenters. The van der Waals surface area contributed by atoms with Crippen LogP contribution in [0.5, 0.6) is 0 Å². The molecule has 0 unspecified atom stereocenters. The first-order valence-corrected chi connectivity index (χ1v) is 9.68. The fourth-order valence-corrected chi connectivity index (χ4v) is 3.31. The Morgan fingerprint density at radius 2 is 2.00 bits per heavy atom. The SMILES string of the molecule is CCCCn1nnnc1CS(=O)(=O)CC(=O)NCc1ccc(F)cc1. The number of tetrazole rings is 1. The molecule has 136 valence electrons. The molecule has 8 nitrogen and oxygen atoms in total. The van der Waals surface area contributed by atoms with Crippen molar-refractivity contribution in [1.29, 1.82) is 0 Å². The number of nitrogens with one attached hydrogen (secondary N) is 1. The zero-order valence-corrected chi connectivity index (χ0v) is 14.7. The number of amides is 1. The number of hydrogen-bond acceptors (Lipinski definition) is 6. The van der Waals surface area contributed by atoms with Gasteiger partial charge in [0.1, 0.15) is 17.3 Å². The second kappa shape index (κ2) is 8.65. The molecule has 1 heterocycles. The first-order valence-electron chi connectivity index (χ1n) is 7.86. The van der Waals surface area contributed by atoms with Crippen LogP contribution >= 0.6 is 0 Å². The molecule has 0 radical (unpaired) electrons. The number of aromatic nitrogens is 4. The van der Waals surface area contributed by atoms with Gasteiger partial charge >= 0.3 is 0 Å². The Morgan fingerprint density at radius 3 is 2.68 bits per heavy atom. The van der Waals surface area contributed by atoms with Crippen molar-refractivity contribution >= 4 is 15.7 Å². The van der Waals surface area contributed by atoms with E-state index >= 15 is 0 Å². The fraction of sp³-hybridized carbons (Fsp3) is 0.467. The van der Waals surface area contributed by atoms with Crippen LogP contribution in [-0.2, 0) is 33.5 Å². The lowest BCUT2D eigenvalue weighted by atomic mass is 10.2. The van der Waals surface area contributed by atoms with Crippen LogP contribution in [0.1, 0.15) is 31.2 Å². The molecule has 0 aliphatic rings. The van der Waals surface area contributed by atoms with Crippen LogP contribution in [0.15, 0.2) is 24.3 Å². The smallest absolute Gasteiger partial charge is 0.235 e. The molecular weight excluding hydrogens is 349 g/mol. The van der Waals surface area contributed by atoms with Crippen molar-refractivity contribution in [3.05, 3.63) is 41.5 Å². The number of hydrogen-bond donors (Lipinski definition) is 1. The molecule has 0 aliphatic carbocycles. The van der Waals surface area contributed by atoms with E-state index in [4.69, 9.17) is 0 Å². The summed E-state index contributed by atoms with van der Waals surface area (Å²) in [5.74, 6) is -1.84. The van der Waals surface area contributed by atoms with Crippen LogP contribution in [0, 0.1) is 5.82 Å². The van der Waals surface area contributed by atoms with Crippen LogP contribution in [0.4, 0.5) is 4.39 Å². The van der Waals surface area contributed by atoms with Gasteiger partial charge in [-0.2, -0.15) is 0 Å². The monoisotopic (exact) mass is 369 g/mol. The lowest BCUT2D eigenvalue weighted by molar-refractivity contribution is -0.118. The fourth-order valence-electron chi connectivity index (χ4n) is 2.11. The van der Waals surface area contributed by atoms with Gasteiger partial charge in [-0.15, -0.1) is 5.10 Å². The van der Waals surface area contributed by atoms with E-state index in [0.717, 1.165) is 12.8 Å². The summed E-state index contributed by atoms with van der Waals surface area (Å²) in [5, 5.41) is 13.5. The molecule has 10 heteroatoms. The minimum absolute atomic E-state index is 0.128. The third-order valence-electron chi connectivity index (χ3n) is 3.43. The Hall–Kier alpha value is -2.36. The standard InChI is InChI=1S/C15H20FN5O3S/c1-2-3-8-21-14(18-19-20-21)10-25(23,24)11-15(22)17-9-12-4-6-13(16)7-5-12/h4-7H,2-3,8-11H2,1H3,(H,17,22). The third kappa shape index (κ3) is 6.22. The number of rotatable bonds is 9. The average molecular weight is 369 g/mol. The lowest BCUT2D eigenvalue weighted by Crippen LogP contribution is -2.30. The highest BCUT2D eigenvalue weighted by atomic mass is 32.2. The molecule has 0 saturated heterocycles. The zero-order valence-electron chi connectivity index (χ0n) is 13.9. The second-order valence-electron chi connectivity index (χ2n) is 5.61. The highest BCUT2D eigenvalue weighted by Crippen LogP contribution is 2.05. The predicted octanol–water partition coefficient (Wildman–Crippen LogP) is 0.844. The number of unbranched alkanes of at least 4 members (excludes halogenated alkanes) is 1. The van der Waals surface area contributed by atoms with Gasteiger partial charge in [0.2, 0.25) is 5.91 Å². The quantitative estimate of drug-likeness (QED) is 0.702. The maximum absolute atomic E-state index is 12.8. The molecule has 0 saturated carbocycles. The van der Waals surface area contributed by atoms with Crippen molar-refractivity contribution in [2.24, 2.45) is 0 Å². The largest absolute Gasteiger partial charge is 0.351 e. The van der Waals surface area contributed by atoms with Gasteiger partial charge < -0.3 is 5.32 Å². The zero-order chi connectivity index (χ0) is 18.3. The van der Waals surface area contributed by atoms with Gasteiger partial charge in [-0.1, -0.05) is 25.5 Å². The molecule has 1 amide bonds. The van der Waals surface area contributed by atoms with E-state index in [1.54, 1.807) is 0 Å². The van der Waals surface area contributed by atoms with Gasteiger partial charge in [-0.05, 0) is 34.5 Å². The predicted molar refractivity (Wildman–Crippen MR) is 88.5 cm³/mol. The Balaban J connectivity index is 1.88. The summed E-state index contributed by atoms with van der Waals surface area (Å²) in [5.41, 5.74) is 0.677. The summed E-state index contributed by atoms with van der Waals surface area (Å²) in [6.07, 6.45) is 1.76. The summed E-state index contributed by atoms with van der Waals surface area (Å²) >= 11 is 0. The second-order valence-corrected chi connectivity index (χ2v) is 7.67. The molecule has 1 N–H and O–H groups in total. The molecule has 2 aromatic rings. The Kier molecular flexibility index (Phi) is 6.57. The van der Waals surface area contributed by atoms with Crippen molar-refractivity contribution in [2.45, 2.75) is 38.6 Å². The summed E-state index contributed by atoms with van der Waals surface area (Å²) < 4.78 is 38.6. The topological polar surface area (TPSA) is 107 Å². The lowest BCUT2D eigenvalue weighted by Gasteiger charge is -2.07. The first kappa shape index (κ1) is 19.0. The molecule has 0 aliphatic heterocycles. The summed E-state index contributed by atoms with van der Waals surface area (Å²) in [7, 11) is -3.70. The van der Waals surface area contributed by atoms with Gasteiger partial charge in [-0.25, -0.2) is 17.5 Å². The molecular formula is C15H20FN5O3S. The van der Waals surface area contributed by atoms with E-state index in [9.17, 15) is 17.6 Å². The van der Waals surface area contributed by atoms with Gasteiger partial charge in [0.25, 0.3) is 0 Å². The summed E-state index contributed by atoms with van der Waals surface area (Å²) in [6.45, 7) is 2.67. The minimum atomic E-state index is -3.70. The highest BCUT2D eigenvalue weighted by Gasteiger charge is 2.21. The Bertz CT molecular complexity index is 805. The van der Waals surface area contributed by atoms with Gasteiger partial charge in [0.15, 0.2) is 15.7 Å². The maximum Gasteiger partial charge on any atom is 0.235 e. The van der Waals surface area contributed by atoms with Gasteiger partial charge in [0.05, 0.1) is 0 Å². The normalized spacial score (nSPS) is 11.4. The van der Waals surface area contributed by atoms with E-state index < -0.39 is 27.3 Å². The third-order valence-corrected chi connectivity index (χ3v) is 4.83.